The third-order valence-electron chi connectivity index (χ3n) is 3.28. The van der Waals surface area contributed by atoms with Crippen LogP contribution in [0.4, 0.5) is 10.1 Å². The summed E-state index contributed by atoms with van der Waals surface area (Å²) in [5, 5.41) is 6.02. The van der Waals surface area contributed by atoms with Crippen molar-refractivity contribution in [2.45, 2.75) is 31.7 Å². The van der Waals surface area contributed by atoms with Crippen LogP contribution >= 0.6 is 0 Å². The van der Waals surface area contributed by atoms with Crippen LogP contribution in [0.2, 0.25) is 0 Å². The van der Waals surface area contributed by atoms with Gasteiger partial charge in [-0.2, -0.15) is 0 Å². The maximum atomic E-state index is 13.2. The fourth-order valence-corrected chi connectivity index (χ4v) is 2.30. The molecule has 1 aliphatic heterocycles. The molecule has 2 rings (SSSR count). The molecule has 5 heteroatoms. The van der Waals surface area contributed by atoms with Gasteiger partial charge in [-0.05, 0) is 31.5 Å². The Hall–Kier alpha value is -1.62. The molecule has 1 saturated heterocycles. The number of carbonyl (C=O) groups is 1. The van der Waals surface area contributed by atoms with Crippen LogP contribution in [0.3, 0.4) is 0 Å². The Bertz CT molecular complexity index is 445. The zero-order valence-corrected chi connectivity index (χ0v) is 11.0. The van der Waals surface area contributed by atoms with Crippen molar-refractivity contribution in [1.82, 2.24) is 5.32 Å². The van der Waals surface area contributed by atoms with Gasteiger partial charge in [-0.3, -0.25) is 4.79 Å². The van der Waals surface area contributed by atoms with E-state index in [4.69, 9.17) is 4.74 Å². The lowest BCUT2D eigenvalue weighted by atomic mass is 10.0. The number of rotatable bonds is 4. The molecule has 1 fully saturated rings. The molecule has 1 aliphatic rings. The monoisotopic (exact) mass is 266 g/mol. The van der Waals surface area contributed by atoms with Crippen molar-refractivity contribution < 1.29 is 13.9 Å². The number of benzene rings is 1. The molecule has 1 unspecified atom stereocenters. The predicted octanol–water partition coefficient (Wildman–Crippen LogP) is 2.30. The van der Waals surface area contributed by atoms with Crippen molar-refractivity contribution in [2.24, 2.45) is 0 Å². The molecule has 19 heavy (non-hydrogen) atoms. The van der Waals surface area contributed by atoms with Crippen molar-refractivity contribution in [3.63, 3.8) is 0 Å². The highest BCUT2D eigenvalue weighted by atomic mass is 19.1. The Morgan fingerprint density at radius 3 is 3.05 bits per heavy atom. The third kappa shape index (κ3) is 3.92. The molecule has 1 heterocycles. The summed E-state index contributed by atoms with van der Waals surface area (Å²) in [5.41, 5.74) is 0.378. The first-order valence-electron chi connectivity index (χ1n) is 6.56. The fraction of sp³-hybridized carbons (Fsp3) is 0.500. The van der Waals surface area contributed by atoms with Crippen LogP contribution < -0.4 is 15.4 Å². The van der Waals surface area contributed by atoms with Crippen LogP contribution in [0, 0.1) is 5.82 Å². The average molecular weight is 266 g/mol. The number of hydrogen-bond donors (Lipinski definition) is 2. The summed E-state index contributed by atoms with van der Waals surface area (Å²) in [6.07, 6.45) is 3.72. The first kappa shape index (κ1) is 13.8. The Labute approximate surface area is 112 Å². The van der Waals surface area contributed by atoms with E-state index in [-0.39, 0.29) is 11.9 Å². The standard InChI is InChI=1S/C14H19FN2O2/c1-19-13-6-5-10(15)8-12(13)17-14(18)9-11-4-2-3-7-16-11/h5-6,8,11,16H,2-4,7,9H2,1H3,(H,17,18). The van der Waals surface area contributed by atoms with Gasteiger partial charge in [0.15, 0.2) is 0 Å². The molecule has 0 bridgehead atoms. The van der Waals surface area contributed by atoms with Gasteiger partial charge in [-0.1, -0.05) is 6.42 Å². The van der Waals surface area contributed by atoms with E-state index in [1.807, 2.05) is 0 Å². The largest absolute Gasteiger partial charge is 0.495 e. The predicted molar refractivity (Wildman–Crippen MR) is 71.8 cm³/mol. The Kier molecular flexibility index (Phi) is 4.74. The molecule has 2 N–H and O–H groups in total. The molecule has 0 radical (unpaired) electrons. The van der Waals surface area contributed by atoms with Gasteiger partial charge < -0.3 is 15.4 Å². The Balaban J connectivity index is 1.95. The second kappa shape index (κ2) is 6.52. The van der Waals surface area contributed by atoms with Gasteiger partial charge in [0.05, 0.1) is 12.8 Å². The zero-order chi connectivity index (χ0) is 13.7. The smallest absolute Gasteiger partial charge is 0.226 e. The van der Waals surface area contributed by atoms with Gasteiger partial charge in [0.2, 0.25) is 5.91 Å². The minimum atomic E-state index is -0.396. The van der Waals surface area contributed by atoms with Crippen LogP contribution in [0.15, 0.2) is 18.2 Å². The average Bonchev–Trinajstić information content (AvgIpc) is 2.40. The summed E-state index contributed by atoms with van der Waals surface area (Å²) in [4.78, 5) is 11.9. The third-order valence-corrected chi connectivity index (χ3v) is 3.28. The zero-order valence-electron chi connectivity index (χ0n) is 11.0. The van der Waals surface area contributed by atoms with Crippen molar-refractivity contribution >= 4 is 11.6 Å². The first-order chi connectivity index (χ1) is 9.19. The number of hydrogen-bond acceptors (Lipinski definition) is 3. The molecule has 0 aliphatic carbocycles. The van der Waals surface area contributed by atoms with Gasteiger partial charge in [-0.25, -0.2) is 4.39 Å². The lowest BCUT2D eigenvalue weighted by molar-refractivity contribution is -0.116. The normalized spacial score (nSPS) is 18.9. The number of carbonyl (C=O) groups excluding carboxylic acids is 1. The number of anilines is 1. The minimum Gasteiger partial charge on any atom is -0.495 e. The maximum absolute atomic E-state index is 13.2. The highest BCUT2D eigenvalue weighted by molar-refractivity contribution is 5.92. The van der Waals surface area contributed by atoms with Crippen molar-refractivity contribution in [1.29, 1.82) is 0 Å². The van der Waals surface area contributed by atoms with Gasteiger partial charge in [0.1, 0.15) is 11.6 Å². The number of amides is 1. The van der Waals surface area contributed by atoms with E-state index in [9.17, 15) is 9.18 Å². The van der Waals surface area contributed by atoms with Crippen molar-refractivity contribution in [3.05, 3.63) is 24.0 Å². The van der Waals surface area contributed by atoms with Gasteiger partial charge in [0, 0.05) is 18.5 Å². The van der Waals surface area contributed by atoms with Gasteiger partial charge in [-0.15, -0.1) is 0 Å². The summed E-state index contributed by atoms with van der Waals surface area (Å²) >= 11 is 0. The van der Waals surface area contributed by atoms with E-state index in [1.165, 1.54) is 25.3 Å². The molecular weight excluding hydrogens is 247 g/mol. The van der Waals surface area contributed by atoms with Crippen LogP contribution in [-0.2, 0) is 4.79 Å². The van der Waals surface area contributed by atoms with E-state index in [0.29, 0.717) is 17.9 Å². The van der Waals surface area contributed by atoms with Crippen molar-refractivity contribution in [3.8, 4) is 5.75 Å². The molecule has 1 aromatic carbocycles. The van der Waals surface area contributed by atoms with Gasteiger partial charge >= 0.3 is 0 Å². The number of ether oxygens (including phenoxy) is 1. The highest BCUT2D eigenvalue weighted by Gasteiger charge is 2.17. The molecule has 0 spiro atoms. The topological polar surface area (TPSA) is 50.4 Å². The molecule has 4 nitrogen and oxygen atoms in total. The van der Waals surface area contributed by atoms with Gasteiger partial charge in [0.25, 0.3) is 0 Å². The van der Waals surface area contributed by atoms with E-state index in [2.05, 4.69) is 10.6 Å². The number of methoxy groups -OCH3 is 1. The molecular formula is C14H19FN2O2. The van der Waals surface area contributed by atoms with E-state index in [0.717, 1.165) is 25.8 Å². The number of piperidine rings is 1. The molecule has 1 amide bonds. The van der Waals surface area contributed by atoms with Crippen molar-refractivity contribution in [2.75, 3.05) is 19.0 Å². The summed E-state index contributed by atoms with van der Waals surface area (Å²) in [7, 11) is 1.49. The highest BCUT2D eigenvalue weighted by Crippen LogP contribution is 2.25. The van der Waals surface area contributed by atoms with Crippen LogP contribution in [0.1, 0.15) is 25.7 Å². The minimum absolute atomic E-state index is 0.122. The van der Waals surface area contributed by atoms with E-state index < -0.39 is 5.82 Å². The second-order valence-electron chi connectivity index (χ2n) is 4.74. The number of halogens is 1. The molecule has 0 aromatic heterocycles. The summed E-state index contributed by atoms with van der Waals surface area (Å²) in [5.74, 6) is -0.0541. The summed E-state index contributed by atoms with van der Waals surface area (Å²) < 4.78 is 18.3. The molecule has 0 saturated carbocycles. The summed E-state index contributed by atoms with van der Waals surface area (Å²) in [6, 6.07) is 4.29. The van der Waals surface area contributed by atoms with Crippen LogP contribution in [-0.4, -0.2) is 25.6 Å². The number of nitrogens with one attached hydrogen (secondary N) is 2. The maximum Gasteiger partial charge on any atom is 0.226 e. The van der Waals surface area contributed by atoms with E-state index in [1.54, 1.807) is 0 Å². The summed E-state index contributed by atoms with van der Waals surface area (Å²) in [6.45, 7) is 0.960. The molecule has 1 atom stereocenters. The lowest BCUT2D eigenvalue weighted by Gasteiger charge is -2.23. The molecule has 104 valence electrons. The van der Waals surface area contributed by atoms with Crippen LogP contribution in [0.5, 0.6) is 5.75 Å². The van der Waals surface area contributed by atoms with E-state index >= 15 is 0 Å². The first-order valence-corrected chi connectivity index (χ1v) is 6.56. The molecule has 1 aromatic rings. The SMILES string of the molecule is COc1ccc(F)cc1NC(=O)CC1CCCCN1. The second-order valence-corrected chi connectivity index (χ2v) is 4.74. The quantitative estimate of drug-likeness (QED) is 0.879. The Morgan fingerprint density at radius 1 is 1.53 bits per heavy atom. The van der Waals surface area contributed by atoms with Crippen LogP contribution in [0.25, 0.3) is 0 Å². The fourth-order valence-electron chi connectivity index (χ4n) is 2.30. The Morgan fingerprint density at radius 2 is 2.37 bits per heavy atom. The lowest BCUT2D eigenvalue weighted by Crippen LogP contribution is -2.36.